The van der Waals surface area contributed by atoms with E-state index >= 15 is 0 Å². The van der Waals surface area contributed by atoms with Crippen LogP contribution in [0.4, 0.5) is 29.7 Å². The summed E-state index contributed by atoms with van der Waals surface area (Å²) < 4.78 is 43.5. The maximum absolute atomic E-state index is 13.7. The summed E-state index contributed by atoms with van der Waals surface area (Å²) in [5, 5.41) is 20.2. The first kappa shape index (κ1) is 33.0. The maximum atomic E-state index is 13.7. The van der Waals surface area contributed by atoms with Gasteiger partial charge in [0.25, 0.3) is 0 Å². The molecule has 1 aliphatic carbocycles. The van der Waals surface area contributed by atoms with Gasteiger partial charge in [-0.25, -0.2) is 19.7 Å². The zero-order valence-corrected chi connectivity index (χ0v) is 26.4. The summed E-state index contributed by atoms with van der Waals surface area (Å²) in [6.07, 6.45) is 4.72. The Balaban J connectivity index is 1.15. The summed E-state index contributed by atoms with van der Waals surface area (Å²) in [6.45, 7) is 0.372. The third-order valence-corrected chi connectivity index (χ3v) is 8.20. The lowest BCUT2D eigenvalue weighted by molar-refractivity contribution is -0.274. The molecular formula is C35H32F3N9O2. The topological polar surface area (TPSA) is 134 Å². The predicted octanol–water partition coefficient (Wildman–Crippen LogP) is 6.85. The number of amides is 2. The first-order valence-electron chi connectivity index (χ1n) is 15.6. The van der Waals surface area contributed by atoms with E-state index in [-0.39, 0.29) is 41.1 Å². The summed E-state index contributed by atoms with van der Waals surface area (Å²) in [4.78, 5) is 29.0. The van der Waals surface area contributed by atoms with Crippen LogP contribution in [-0.4, -0.2) is 49.2 Å². The molecule has 49 heavy (non-hydrogen) atoms. The van der Waals surface area contributed by atoms with Crippen LogP contribution >= 0.6 is 0 Å². The molecule has 11 nitrogen and oxygen atoms in total. The highest BCUT2D eigenvalue weighted by molar-refractivity contribution is 5.91. The second-order valence-corrected chi connectivity index (χ2v) is 11.6. The highest BCUT2D eigenvalue weighted by atomic mass is 19.4. The van der Waals surface area contributed by atoms with Crippen molar-refractivity contribution >= 4 is 17.8 Å². The molecule has 14 heteroatoms. The Morgan fingerprint density at radius 2 is 1.69 bits per heavy atom. The van der Waals surface area contributed by atoms with Crippen molar-refractivity contribution in [1.29, 1.82) is 5.26 Å². The van der Waals surface area contributed by atoms with E-state index < -0.39 is 6.36 Å². The van der Waals surface area contributed by atoms with Crippen molar-refractivity contribution in [2.45, 2.75) is 50.7 Å². The second-order valence-electron chi connectivity index (χ2n) is 11.6. The Morgan fingerprint density at radius 3 is 2.33 bits per heavy atom. The van der Waals surface area contributed by atoms with Crippen LogP contribution in [-0.2, 0) is 13.6 Å². The van der Waals surface area contributed by atoms with Crippen molar-refractivity contribution in [3.05, 3.63) is 103 Å². The van der Waals surface area contributed by atoms with Gasteiger partial charge in [-0.15, -0.1) is 13.2 Å². The minimum Gasteiger partial charge on any atom is -0.406 e. The van der Waals surface area contributed by atoms with E-state index in [1.54, 1.807) is 22.0 Å². The van der Waals surface area contributed by atoms with E-state index in [9.17, 15) is 23.2 Å². The van der Waals surface area contributed by atoms with E-state index in [1.807, 2.05) is 61.8 Å². The lowest BCUT2D eigenvalue weighted by Crippen LogP contribution is -2.49. The van der Waals surface area contributed by atoms with Gasteiger partial charge in [0.05, 0.1) is 23.7 Å². The van der Waals surface area contributed by atoms with Crippen molar-refractivity contribution in [3.63, 3.8) is 0 Å². The van der Waals surface area contributed by atoms with Crippen LogP contribution in [0.25, 0.3) is 22.4 Å². The number of rotatable bonds is 9. The smallest absolute Gasteiger partial charge is 0.406 e. The molecule has 3 heterocycles. The number of benzene rings is 2. The summed E-state index contributed by atoms with van der Waals surface area (Å²) in [5.41, 5.74) is 3.71. The first-order valence-corrected chi connectivity index (χ1v) is 15.6. The van der Waals surface area contributed by atoms with Gasteiger partial charge in [0, 0.05) is 54.8 Å². The number of anilines is 2. The molecule has 6 rings (SSSR count). The average molecular weight is 668 g/mol. The number of hydrogen-bond donors (Lipinski definition) is 2. The Bertz CT molecular complexity index is 1920. The molecule has 0 bridgehead atoms. The monoisotopic (exact) mass is 667 g/mol. The quantitative estimate of drug-likeness (QED) is 0.174. The summed E-state index contributed by atoms with van der Waals surface area (Å²) in [7, 11) is 1.85. The lowest BCUT2D eigenvalue weighted by Gasteiger charge is -2.36. The molecule has 0 atom stereocenters. The number of alkyl halides is 3. The number of carbonyl (C=O) groups excluding carboxylic acids is 1. The zero-order chi connectivity index (χ0) is 34.4. The molecule has 2 N–H and O–H groups in total. The Kier molecular flexibility index (Phi) is 9.70. The first-order chi connectivity index (χ1) is 23.6. The van der Waals surface area contributed by atoms with Crippen LogP contribution in [0.3, 0.4) is 0 Å². The number of hydrogen-bond acceptors (Lipinski definition) is 8. The van der Waals surface area contributed by atoms with Crippen molar-refractivity contribution in [2.75, 3.05) is 10.2 Å². The molecule has 2 amide bonds. The standard InChI is InChI=1S/C35H32F3N9O2/c1-46-22-27(21-43-46)25-9-16-31(40-19-25)47(34(48)42-18-23-5-3-2-4-6-23)29-12-10-28(11-13-29)44-33-41-20-26(17-39)32(45-33)24-7-14-30(15-8-24)49-35(36,37)38/h2-9,14-16,19-22,28-29H,10-13,18H2,1H3,(H,42,48)(H,41,44,45). The highest BCUT2D eigenvalue weighted by Crippen LogP contribution is 2.31. The zero-order valence-electron chi connectivity index (χ0n) is 26.4. The summed E-state index contributed by atoms with van der Waals surface area (Å²) in [5.74, 6) is 0.459. The third-order valence-electron chi connectivity index (χ3n) is 8.20. The van der Waals surface area contributed by atoms with Gasteiger partial charge in [-0.2, -0.15) is 10.4 Å². The number of nitrogens with zero attached hydrogens (tertiary/aromatic N) is 7. The number of aromatic nitrogens is 5. The average Bonchev–Trinajstić information content (AvgIpc) is 3.54. The molecule has 250 valence electrons. The fourth-order valence-corrected chi connectivity index (χ4v) is 5.81. The molecule has 0 aliphatic heterocycles. The van der Waals surface area contributed by atoms with Crippen LogP contribution < -0.4 is 20.3 Å². The highest BCUT2D eigenvalue weighted by Gasteiger charge is 2.32. The molecule has 5 aromatic rings. The number of halogens is 3. The largest absolute Gasteiger partial charge is 0.573 e. The lowest BCUT2D eigenvalue weighted by atomic mass is 9.90. The van der Waals surface area contributed by atoms with E-state index in [0.717, 1.165) is 16.7 Å². The number of nitriles is 1. The summed E-state index contributed by atoms with van der Waals surface area (Å²) >= 11 is 0. The van der Waals surface area contributed by atoms with Gasteiger partial charge >= 0.3 is 12.4 Å². The van der Waals surface area contributed by atoms with Gasteiger partial charge < -0.3 is 15.4 Å². The van der Waals surface area contributed by atoms with Crippen LogP contribution in [0.2, 0.25) is 0 Å². The van der Waals surface area contributed by atoms with E-state index in [2.05, 4.69) is 35.4 Å². The third kappa shape index (κ3) is 8.31. The molecular weight excluding hydrogens is 635 g/mol. The van der Waals surface area contributed by atoms with Crippen molar-refractivity contribution in [2.24, 2.45) is 7.05 Å². The second kappa shape index (κ2) is 14.4. The fourth-order valence-electron chi connectivity index (χ4n) is 5.81. The Morgan fingerprint density at radius 1 is 0.959 bits per heavy atom. The van der Waals surface area contributed by atoms with Crippen LogP contribution in [0.15, 0.2) is 91.5 Å². The van der Waals surface area contributed by atoms with Gasteiger partial charge in [0.1, 0.15) is 17.6 Å². The van der Waals surface area contributed by atoms with Gasteiger partial charge in [-0.3, -0.25) is 9.58 Å². The van der Waals surface area contributed by atoms with Crippen LogP contribution in [0.5, 0.6) is 5.75 Å². The molecule has 0 spiro atoms. The molecule has 0 saturated heterocycles. The molecule has 0 unspecified atom stereocenters. The Hall–Kier alpha value is -5.97. The van der Waals surface area contributed by atoms with Gasteiger partial charge in [-0.1, -0.05) is 30.3 Å². The molecule has 1 aliphatic rings. The van der Waals surface area contributed by atoms with Gasteiger partial charge in [0.15, 0.2) is 0 Å². The molecule has 2 aromatic carbocycles. The number of nitrogens with one attached hydrogen (secondary N) is 2. The van der Waals surface area contributed by atoms with E-state index in [1.165, 1.54) is 30.5 Å². The molecule has 1 saturated carbocycles. The van der Waals surface area contributed by atoms with Crippen molar-refractivity contribution < 1.29 is 22.7 Å². The molecule has 3 aromatic heterocycles. The number of ether oxygens (including phenoxy) is 1. The predicted molar refractivity (Wildman–Crippen MR) is 176 cm³/mol. The summed E-state index contributed by atoms with van der Waals surface area (Å²) in [6, 6.07) is 20.3. The number of aryl methyl sites for hydroxylation is 1. The minimum atomic E-state index is -4.81. The number of urea groups is 1. The number of pyridine rings is 1. The van der Waals surface area contributed by atoms with Gasteiger partial charge in [-0.05, 0) is 67.6 Å². The SMILES string of the molecule is Cn1cc(-c2ccc(N(C(=O)NCc3ccccc3)C3CCC(Nc4ncc(C#N)c(-c5ccc(OC(F)(F)F)cc5)n4)CC3)nc2)cn1. The van der Waals surface area contributed by atoms with Crippen molar-refractivity contribution in [3.8, 4) is 34.2 Å². The van der Waals surface area contributed by atoms with E-state index in [4.69, 9.17) is 0 Å². The maximum Gasteiger partial charge on any atom is 0.573 e. The molecule has 1 fully saturated rings. The van der Waals surface area contributed by atoms with Crippen LogP contribution in [0.1, 0.15) is 36.8 Å². The van der Waals surface area contributed by atoms with Gasteiger partial charge in [0.2, 0.25) is 5.95 Å². The van der Waals surface area contributed by atoms with Crippen LogP contribution in [0, 0.1) is 11.3 Å². The Labute approximate surface area is 280 Å². The number of carbonyl (C=O) groups is 1. The minimum absolute atomic E-state index is 0.0188. The fraction of sp³-hybridized carbons (Fsp3) is 0.257. The molecule has 0 radical (unpaired) electrons. The van der Waals surface area contributed by atoms with Crippen molar-refractivity contribution in [1.82, 2.24) is 30.0 Å². The normalized spacial score (nSPS) is 16.0. The van der Waals surface area contributed by atoms with E-state index in [0.29, 0.717) is 43.6 Å².